The normalized spacial score (nSPS) is 10.3. The highest BCUT2D eigenvalue weighted by Crippen LogP contribution is 2.17. The zero-order chi connectivity index (χ0) is 15.8. The molecule has 22 heavy (non-hydrogen) atoms. The lowest BCUT2D eigenvalue weighted by Crippen LogP contribution is -2.32. The molecule has 4 heteroatoms. The van der Waals surface area contributed by atoms with Gasteiger partial charge < -0.3 is 9.84 Å². The SMILES string of the molecule is Cc1ccc(N(CCCO)C(=O)OCc2ccccc2)cc1. The fourth-order valence-corrected chi connectivity index (χ4v) is 2.08. The summed E-state index contributed by atoms with van der Waals surface area (Å²) in [5.41, 5.74) is 2.85. The van der Waals surface area contributed by atoms with Gasteiger partial charge >= 0.3 is 6.09 Å². The van der Waals surface area contributed by atoms with Crippen molar-refractivity contribution in [2.45, 2.75) is 20.0 Å². The first-order valence-corrected chi connectivity index (χ1v) is 7.36. The monoisotopic (exact) mass is 299 g/mol. The van der Waals surface area contributed by atoms with Crippen molar-refractivity contribution in [1.82, 2.24) is 0 Å². The minimum Gasteiger partial charge on any atom is -0.444 e. The number of benzene rings is 2. The lowest BCUT2D eigenvalue weighted by Gasteiger charge is -2.22. The summed E-state index contributed by atoms with van der Waals surface area (Å²) in [6.45, 7) is 2.69. The number of carbonyl (C=O) groups excluding carboxylic acids is 1. The van der Waals surface area contributed by atoms with Gasteiger partial charge in [-0.1, -0.05) is 48.0 Å². The van der Waals surface area contributed by atoms with Crippen molar-refractivity contribution >= 4 is 11.8 Å². The molecule has 2 rings (SSSR count). The highest BCUT2D eigenvalue weighted by atomic mass is 16.6. The Morgan fingerprint density at radius 3 is 2.41 bits per heavy atom. The van der Waals surface area contributed by atoms with Gasteiger partial charge in [0.25, 0.3) is 0 Å². The first-order chi connectivity index (χ1) is 10.7. The quantitative estimate of drug-likeness (QED) is 0.888. The Labute approximate surface area is 131 Å². The summed E-state index contributed by atoms with van der Waals surface area (Å²) in [5, 5.41) is 9.02. The van der Waals surface area contributed by atoms with Crippen LogP contribution in [0.3, 0.4) is 0 Å². The molecule has 0 atom stereocenters. The third-order valence-electron chi connectivity index (χ3n) is 3.31. The molecule has 0 spiro atoms. The molecule has 1 amide bonds. The number of aliphatic hydroxyl groups excluding tert-OH is 1. The standard InChI is InChI=1S/C18H21NO3/c1-15-8-10-17(11-9-15)19(12-5-13-20)18(21)22-14-16-6-3-2-4-7-16/h2-4,6-11,20H,5,12-14H2,1H3. The van der Waals surface area contributed by atoms with Gasteiger partial charge in [0.15, 0.2) is 0 Å². The molecule has 4 nitrogen and oxygen atoms in total. The fraction of sp³-hybridized carbons (Fsp3) is 0.278. The van der Waals surface area contributed by atoms with Crippen LogP contribution in [0.2, 0.25) is 0 Å². The zero-order valence-corrected chi connectivity index (χ0v) is 12.7. The Kier molecular flexibility index (Phi) is 5.98. The van der Waals surface area contributed by atoms with Crippen LogP contribution in [0.25, 0.3) is 0 Å². The number of nitrogens with zero attached hydrogens (tertiary/aromatic N) is 1. The molecule has 0 aromatic heterocycles. The van der Waals surface area contributed by atoms with Crippen LogP contribution in [-0.4, -0.2) is 24.4 Å². The van der Waals surface area contributed by atoms with E-state index >= 15 is 0 Å². The summed E-state index contributed by atoms with van der Waals surface area (Å²) < 4.78 is 5.38. The Morgan fingerprint density at radius 2 is 1.77 bits per heavy atom. The van der Waals surface area contributed by atoms with Crippen LogP contribution < -0.4 is 4.90 Å². The Hall–Kier alpha value is -2.33. The molecule has 0 bridgehead atoms. The van der Waals surface area contributed by atoms with Gasteiger partial charge in [0.1, 0.15) is 6.61 Å². The van der Waals surface area contributed by atoms with E-state index in [4.69, 9.17) is 9.84 Å². The number of rotatable bonds is 6. The molecule has 116 valence electrons. The molecule has 0 fully saturated rings. The van der Waals surface area contributed by atoms with E-state index in [0.29, 0.717) is 13.0 Å². The molecule has 0 aliphatic rings. The summed E-state index contributed by atoms with van der Waals surface area (Å²) >= 11 is 0. The lowest BCUT2D eigenvalue weighted by atomic mass is 10.2. The van der Waals surface area contributed by atoms with E-state index < -0.39 is 6.09 Å². The highest BCUT2D eigenvalue weighted by molar-refractivity contribution is 5.87. The second-order valence-electron chi connectivity index (χ2n) is 5.10. The van der Waals surface area contributed by atoms with Crippen LogP contribution in [0.4, 0.5) is 10.5 Å². The van der Waals surface area contributed by atoms with Crippen molar-refractivity contribution in [3.63, 3.8) is 0 Å². The third kappa shape index (κ3) is 4.60. The van der Waals surface area contributed by atoms with Gasteiger partial charge in [-0.05, 0) is 31.0 Å². The van der Waals surface area contributed by atoms with Gasteiger partial charge in [0.05, 0.1) is 0 Å². The molecule has 0 heterocycles. The van der Waals surface area contributed by atoms with Gasteiger partial charge in [-0.15, -0.1) is 0 Å². The van der Waals surface area contributed by atoms with Crippen molar-refractivity contribution < 1.29 is 14.6 Å². The van der Waals surface area contributed by atoms with E-state index in [-0.39, 0.29) is 13.2 Å². The topological polar surface area (TPSA) is 49.8 Å². The Bertz CT molecular complexity index is 581. The van der Waals surface area contributed by atoms with Crippen LogP contribution in [-0.2, 0) is 11.3 Å². The number of hydrogen-bond acceptors (Lipinski definition) is 3. The van der Waals surface area contributed by atoms with E-state index in [1.165, 1.54) is 0 Å². The van der Waals surface area contributed by atoms with Crippen molar-refractivity contribution in [2.24, 2.45) is 0 Å². The van der Waals surface area contributed by atoms with E-state index in [1.54, 1.807) is 4.90 Å². The molecule has 2 aromatic rings. The predicted octanol–water partition coefficient (Wildman–Crippen LogP) is 3.52. The largest absolute Gasteiger partial charge is 0.444 e. The highest BCUT2D eigenvalue weighted by Gasteiger charge is 2.16. The van der Waals surface area contributed by atoms with Crippen molar-refractivity contribution in [3.05, 3.63) is 65.7 Å². The number of hydrogen-bond donors (Lipinski definition) is 1. The molecule has 0 saturated heterocycles. The minimum absolute atomic E-state index is 0.0360. The number of aliphatic hydroxyl groups is 1. The Morgan fingerprint density at radius 1 is 1.09 bits per heavy atom. The number of carbonyl (C=O) groups is 1. The van der Waals surface area contributed by atoms with E-state index in [9.17, 15) is 4.79 Å². The predicted molar refractivity (Wildman–Crippen MR) is 86.9 cm³/mol. The van der Waals surface area contributed by atoms with E-state index in [2.05, 4.69) is 0 Å². The van der Waals surface area contributed by atoms with Crippen molar-refractivity contribution in [2.75, 3.05) is 18.1 Å². The molecule has 0 radical (unpaired) electrons. The molecular formula is C18H21NO3. The van der Waals surface area contributed by atoms with Gasteiger partial charge in [-0.25, -0.2) is 4.79 Å². The van der Waals surface area contributed by atoms with Gasteiger partial charge in [-0.3, -0.25) is 4.90 Å². The third-order valence-corrected chi connectivity index (χ3v) is 3.31. The van der Waals surface area contributed by atoms with E-state index in [1.807, 2.05) is 61.5 Å². The van der Waals surface area contributed by atoms with Crippen LogP contribution in [0.15, 0.2) is 54.6 Å². The zero-order valence-electron chi connectivity index (χ0n) is 12.7. The van der Waals surface area contributed by atoms with Gasteiger partial charge in [0, 0.05) is 18.8 Å². The van der Waals surface area contributed by atoms with E-state index in [0.717, 1.165) is 16.8 Å². The lowest BCUT2D eigenvalue weighted by molar-refractivity contribution is 0.146. The van der Waals surface area contributed by atoms with Crippen LogP contribution in [0, 0.1) is 6.92 Å². The number of aryl methyl sites for hydroxylation is 1. The van der Waals surface area contributed by atoms with Crippen molar-refractivity contribution in [1.29, 1.82) is 0 Å². The first-order valence-electron chi connectivity index (χ1n) is 7.36. The van der Waals surface area contributed by atoms with Gasteiger partial charge in [0.2, 0.25) is 0 Å². The maximum atomic E-state index is 12.3. The molecule has 2 aromatic carbocycles. The maximum absolute atomic E-state index is 12.3. The summed E-state index contributed by atoms with van der Waals surface area (Å²) in [4.78, 5) is 13.9. The molecular weight excluding hydrogens is 278 g/mol. The van der Waals surface area contributed by atoms with Crippen molar-refractivity contribution in [3.8, 4) is 0 Å². The number of amides is 1. The minimum atomic E-state index is -0.402. The molecule has 0 saturated carbocycles. The molecule has 0 aliphatic heterocycles. The second kappa shape index (κ2) is 8.20. The first kappa shape index (κ1) is 16.0. The number of anilines is 1. The molecule has 0 unspecified atom stereocenters. The summed E-state index contributed by atoms with van der Waals surface area (Å²) in [5.74, 6) is 0. The van der Waals surface area contributed by atoms with Crippen LogP contribution >= 0.6 is 0 Å². The molecule has 1 N–H and O–H groups in total. The summed E-state index contributed by atoms with van der Waals surface area (Å²) in [7, 11) is 0. The summed E-state index contributed by atoms with van der Waals surface area (Å²) in [6, 6.07) is 17.2. The number of ether oxygens (including phenoxy) is 1. The van der Waals surface area contributed by atoms with Crippen LogP contribution in [0.5, 0.6) is 0 Å². The average Bonchev–Trinajstić information content (AvgIpc) is 2.56. The summed E-state index contributed by atoms with van der Waals surface area (Å²) in [6.07, 6.45) is 0.107. The Balaban J connectivity index is 2.04. The van der Waals surface area contributed by atoms with Crippen LogP contribution in [0.1, 0.15) is 17.5 Å². The second-order valence-corrected chi connectivity index (χ2v) is 5.10. The van der Waals surface area contributed by atoms with Gasteiger partial charge in [-0.2, -0.15) is 0 Å². The average molecular weight is 299 g/mol. The molecule has 0 aliphatic carbocycles. The smallest absolute Gasteiger partial charge is 0.414 e. The maximum Gasteiger partial charge on any atom is 0.414 e. The fourth-order valence-electron chi connectivity index (χ4n) is 2.08.